The first-order valence-corrected chi connectivity index (χ1v) is 11.6. The summed E-state index contributed by atoms with van der Waals surface area (Å²) in [6.45, 7) is 4.39. The normalized spacial score (nSPS) is 19.9. The average molecular weight is 459 g/mol. The van der Waals surface area contributed by atoms with Gasteiger partial charge in [-0.15, -0.1) is 0 Å². The zero-order valence-electron chi connectivity index (χ0n) is 19.0. The van der Waals surface area contributed by atoms with E-state index in [1.54, 1.807) is 24.3 Å². The Morgan fingerprint density at radius 3 is 2.67 bits per heavy atom. The van der Waals surface area contributed by atoms with Crippen LogP contribution in [0.3, 0.4) is 0 Å². The molecule has 2 heterocycles. The Morgan fingerprint density at radius 1 is 1.15 bits per heavy atom. The molecule has 0 saturated carbocycles. The van der Waals surface area contributed by atoms with Gasteiger partial charge in [0.25, 0.3) is 0 Å². The Labute approximate surface area is 193 Å². The van der Waals surface area contributed by atoms with Crippen molar-refractivity contribution in [3.8, 4) is 22.6 Å². The highest BCUT2D eigenvalue weighted by molar-refractivity contribution is 5.78. The summed E-state index contributed by atoms with van der Waals surface area (Å²) < 4.78 is 37.6. The van der Waals surface area contributed by atoms with E-state index < -0.39 is 17.4 Å². The lowest BCUT2D eigenvalue weighted by atomic mass is 9.91. The minimum absolute atomic E-state index is 0.220. The monoisotopic (exact) mass is 458 g/mol. The quantitative estimate of drug-likeness (QED) is 0.578. The zero-order chi connectivity index (χ0) is 23.3. The van der Waals surface area contributed by atoms with Gasteiger partial charge >= 0.3 is 5.97 Å². The molecule has 0 unspecified atom stereocenters. The van der Waals surface area contributed by atoms with Crippen molar-refractivity contribution in [1.82, 2.24) is 0 Å². The van der Waals surface area contributed by atoms with Crippen LogP contribution in [0.4, 0.5) is 4.39 Å². The fourth-order valence-corrected chi connectivity index (χ4v) is 4.55. The smallest absolute Gasteiger partial charge is 0.348 e. The second-order valence-corrected chi connectivity index (χ2v) is 8.65. The van der Waals surface area contributed by atoms with E-state index >= 15 is 4.39 Å². The molecule has 2 aromatic carbocycles. The van der Waals surface area contributed by atoms with Crippen molar-refractivity contribution in [3.05, 3.63) is 47.8 Å². The molecule has 6 nitrogen and oxygen atoms in total. The van der Waals surface area contributed by atoms with E-state index in [-0.39, 0.29) is 18.6 Å². The molecule has 2 fully saturated rings. The predicted molar refractivity (Wildman–Crippen MR) is 121 cm³/mol. The number of carboxylic acid groups (broad SMARTS) is 1. The molecular weight excluding hydrogens is 427 g/mol. The number of ether oxygens (including phenoxy) is 4. The molecule has 0 radical (unpaired) electrons. The Morgan fingerprint density at radius 2 is 1.97 bits per heavy atom. The number of halogens is 1. The molecule has 0 spiro atoms. The largest absolute Gasteiger partial charge is 0.491 e. The van der Waals surface area contributed by atoms with E-state index in [9.17, 15) is 9.90 Å². The number of carbonyl (C=O) groups is 1. The van der Waals surface area contributed by atoms with Crippen LogP contribution in [0.15, 0.2) is 36.4 Å². The summed E-state index contributed by atoms with van der Waals surface area (Å²) in [5.74, 6) is -0.234. The number of rotatable bonds is 9. The number of benzene rings is 2. The minimum atomic E-state index is -1.31. The Kier molecular flexibility index (Phi) is 7.50. The fourth-order valence-electron chi connectivity index (χ4n) is 4.55. The summed E-state index contributed by atoms with van der Waals surface area (Å²) in [5.41, 5.74) is 0.830. The maximum Gasteiger partial charge on any atom is 0.348 e. The molecule has 33 heavy (non-hydrogen) atoms. The van der Waals surface area contributed by atoms with E-state index in [0.29, 0.717) is 43.5 Å². The number of aliphatic carboxylic acids is 1. The Bertz CT molecular complexity index is 963. The van der Waals surface area contributed by atoms with Gasteiger partial charge in [-0.25, -0.2) is 9.18 Å². The number of aryl methyl sites for hydroxylation is 1. The van der Waals surface area contributed by atoms with Gasteiger partial charge in [-0.05, 0) is 61.4 Å². The van der Waals surface area contributed by atoms with Gasteiger partial charge in [0, 0.05) is 31.6 Å². The molecule has 0 aromatic heterocycles. The van der Waals surface area contributed by atoms with Crippen molar-refractivity contribution in [2.24, 2.45) is 5.92 Å². The summed E-state index contributed by atoms with van der Waals surface area (Å²) >= 11 is 0. The molecule has 1 atom stereocenters. The van der Waals surface area contributed by atoms with Gasteiger partial charge in [-0.1, -0.05) is 18.2 Å². The van der Waals surface area contributed by atoms with Crippen LogP contribution in [0.5, 0.6) is 11.5 Å². The van der Waals surface area contributed by atoms with Crippen LogP contribution in [0.1, 0.15) is 38.2 Å². The molecule has 2 saturated heterocycles. The van der Waals surface area contributed by atoms with Crippen LogP contribution in [-0.4, -0.2) is 49.7 Å². The van der Waals surface area contributed by atoms with Gasteiger partial charge in [0.05, 0.1) is 19.8 Å². The van der Waals surface area contributed by atoms with Crippen LogP contribution in [0.25, 0.3) is 11.1 Å². The van der Waals surface area contributed by atoms with E-state index in [0.717, 1.165) is 37.2 Å². The minimum Gasteiger partial charge on any atom is -0.491 e. The van der Waals surface area contributed by atoms with Gasteiger partial charge in [0.1, 0.15) is 5.75 Å². The summed E-state index contributed by atoms with van der Waals surface area (Å²) in [6, 6.07) is 10.6. The average Bonchev–Trinajstić information content (AvgIpc) is 3.34. The number of carboxylic acids is 1. The molecule has 0 bridgehead atoms. The third kappa shape index (κ3) is 5.31. The molecule has 7 heteroatoms. The molecule has 1 N–H and O–H groups in total. The number of hydrogen-bond acceptors (Lipinski definition) is 5. The molecule has 4 rings (SSSR count). The van der Waals surface area contributed by atoms with Crippen molar-refractivity contribution in [2.45, 2.75) is 44.6 Å². The highest BCUT2D eigenvalue weighted by Gasteiger charge is 2.43. The van der Waals surface area contributed by atoms with E-state index in [2.05, 4.69) is 0 Å². The van der Waals surface area contributed by atoms with Crippen LogP contribution in [0, 0.1) is 11.7 Å². The molecule has 0 aliphatic carbocycles. The lowest BCUT2D eigenvalue weighted by Gasteiger charge is -2.33. The van der Waals surface area contributed by atoms with Crippen LogP contribution in [0.2, 0.25) is 0 Å². The van der Waals surface area contributed by atoms with Crippen molar-refractivity contribution in [2.75, 3.05) is 33.0 Å². The Hall–Kier alpha value is -2.64. The van der Waals surface area contributed by atoms with Gasteiger partial charge in [-0.3, -0.25) is 0 Å². The SMILES string of the molecule is CCOc1cccc(-c2ccc(OC3(C(=O)O)CCOCC3)cc2CC[C@@H]2CCOC2)c1F. The summed E-state index contributed by atoms with van der Waals surface area (Å²) in [6.07, 6.45) is 3.19. The molecule has 2 aliphatic rings. The maximum atomic E-state index is 15.2. The van der Waals surface area contributed by atoms with Crippen molar-refractivity contribution in [3.63, 3.8) is 0 Å². The highest BCUT2D eigenvalue weighted by Crippen LogP contribution is 2.36. The summed E-state index contributed by atoms with van der Waals surface area (Å²) in [5, 5.41) is 9.86. The topological polar surface area (TPSA) is 74.2 Å². The van der Waals surface area contributed by atoms with Gasteiger partial charge in [0.2, 0.25) is 5.60 Å². The maximum absolute atomic E-state index is 15.2. The van der Waals surface area contributed by atoms with Gasteiger partial charge < -0.3 is 24.1 Å². The lowest BCUT2D eigenvalue weighted by molar-refractivity contribution is -0.163. The van der Waals surface area contributed by atoms with E-state index in [4.69, 9.17) is 18.9 Å². The lowest BCUT2D eigenvalue weighted by Crippen LogP contribution is -2.49. The van der Waals surface area contributed by atoms with E-state index in [1.165, 1.54) is 0 Å². The molecule has 0 amide bonds. The molecular formula is C26H31FO6. The standard InChI is InChI=1S/C26H31FO6/c1-2-32-23-5-3-4-22(24(23)27)21-9-8-20(16-19(21)7-6-18-10-13-31-17-18)33-26(25(28)29)11-14-30-15-12-26/h3-5,8-9,16,18H,2,6-7,10-15,17H2,1H3,(H,28,29)/t18-/m1/s1. The van der Waals surface area contributed by atoms with Crippen LogP contribution in [-0.2, 0) is 20.7 Å². The fraction of sp³-hybridized carbons (Fsp3) is 0.500. The molecule has 2 aromatic rings. The predicted octanol–water partition coefficient (Wildman–Crippen LogP) is 4.87. The molecule has 178 valence electrons. The summed E-state index contributed by atoms with van der Waals surface area (Å²) in [4.78, 5) is 12.0. The third-order valence-corrected chi connectivity index (χ3v) is 6.48. The first-order chi connectivity index (χ1) is 16.0. The first-order valence-electron chi connectivity index (χ1n) is 11.6. The van der Waals surface area contributed by atoms with E-state index in [1.807, 2.05) is 19.1 Å². The molecule has 2 aliphatic heterocycles. The second-order valence-electron chi connectivity index (χ2n) is 8.65. The Balaban J connectivity index is 1.67. The summed E-state index contributed by atoms with van der Waals surface area (Å²) in [7, 11) is 0. The first kappa shape index (κ1) is 23.5. The van der Waals surface area contributed by atoms with Crippen molar-refractivity contribution < 1.29 is 33.2 Å². The van der Waals surface area contributed by atoms with Crippen LogP contribution < -0.4 is 9.47 Å². The zero-order valence-corrected chi connectivity index (χ0v) is 19.0. The van der Waals surface area contributed by atoms with Gasteiger partial charge in [-0.2, -0.15) is 0 Å². The van der Waals surface area contributed by atoms with Crippen molar-refractivity contribution in [1.29, 1.82) is 0 Å². The van der Waals surface area contributed by atoms with Gasteiger partial charge in [0.15, 0.2) is 11.6 Å². The highest BCUT2D eigenvalue weighted by atomic mass is 19.1. The third-order valence-electron chi connectivity index (χ3n) is 6.48. The second kappa shape index (κ2) is 10.5. The van der Waals surface area contributed by atoms with Crippen molar-refractivity contribution >= 4 is 5.97 Å². The number of hydrogen-bond donors (Lipinski definition) is 1. The van der Waals surface area contributed by atoms with Crippen LogP contribution >= 0.6 is 0 Å².